The first-order chi connectivity index (χ1) is 15.1. The van der Waals surface area contributed by atoms with Crippen molar-refractivity contribution in [1.82, 2.24) is 24.7 Å². The molecule has 31 heavy (non-hydrogen) atoms. The average Bonchev–Trinajstić information content (AvgIpc) is 3.49. The summed E-state index contributed by atoms with van der Waals surface area (Å²) in [6, 6.07) is 9.68. The predicted molar refractivity (Wildman–Crippen MR) is 114 cm³/mol. The first kappa shape index (κ1) is 19.1. The molecule has 1 saturated heterocycles. The summed E-state index contributed by atoms with van der Waals surface area (Å²) in [6.07, 6.45) is 7.12. The van der Waals surface area contributed by atoms with Gasteiger partial charge in [0.2, 0.25) is 0 Å². The van der Waals surface area contributed by atoms with Gasteiger partial charge in [-0.05, 0) is 43.2 Å². The third-order valence-corrected chi connectivity index (χ3v) is 5.41. The normalized spacial score (nSPS) is 13.7. The number of hydrogen-bond acceptors (Lipinski definition) is 6. The molecule has 156 valence electrons. The summed E-state index contributed by atoms with van der Waals surface area (Å²) in [5, 5.41) is 7.94. The molecule has 0 saturated carbocycles. The Labute approximate surface area is 177 Å². The van der Waals surface area contributed by atoms with E-state index in [-0.39, 0.29) is 17.3 Å². The highest BCUT2D eigenvalue weighted by Crippen LogP contribution is 2.31. The zero-order valence-electron chi connectivity index (χ0n) is 16.5. The van der Waals surface area contributed by atoms with E-state index < -0.39 is 11.6 Å². The Morgan fingerprint density at radius 2 is 1.74 bits per heavy atom. The lowest BCUT2D eigenvalue weighted by atomic mass is 10.1. The van der Waals surface area contributed by atoms with Crippen molar-refractivity contribution < 1.29 is 8.78 Å². The highest BCUT2D eigenvalue weighted by atomic mass is 19.2. The van der Waals surface area contributed by atoms with E-state index in [4.69, 9.17) is 5.73 Å². The molecule has 4 aromatic rings. The van der Waals surface area contributed by atoms with Crippen LogP contribution in [0, 0.1) is 11.6 Å². The third-order valence-electron chi connectivity index (χ3n) is 5.41. The van der Waals surface area contributed by atoms with Gasteiger partial charge in [-0.25, -0.2) is 18.7 Å². The Morgan fingerprint density at radius 3 is 2.52 bits per heavy atom. The number of benzene rings is 1. The third kappa shape index (κ3) is 3.48. The van der Waals surface area contributed by atoms with Gasteiger partial charge in [-0.2, -0.15) is 0 Å². The van der Waals surface area contributed by atoms with Crippen LogP contribution in [-0.2, 0) is 0 Å². The molecular weight excluding hydrogens is 400 g/mol. The minimum atomic E-state index is -0.993. The zero-order chi connectivity index (χ0) is 21.4. The molecule has 0 aliphatic carbocycles. The SMILES string of the molecule is Nc1ncc(-c2ccc(N3CCCC3)nc2)cc1-c1nncn1-c1cccc(F)c1F. The maximum Gasteiger partial charge on any atom is 0.182 e. The second kappa shape index (κ2) is 7.75. The summed E-state index contributed by atoms with van der Waals surface area (Å²) in [6.45, 7) is 2.04. The average molecular weight is 419 g/mol. The van der Waals surface area contributed by atoms with E-state index in [0.29, 0.717) is 5.56 Å². The number of halogens is 2. The highest BCUT2D eigenvalue weighted by molar-refractivity contribution is 5.76. The van der Waals surface area contributed by atoms with Crippen molar-refractivity contribution in [2.24, 2.45) is 0 Å². The fourth-order valence-corrected chi connectivity index (χ4v) is 3.78. The molecule has 1 aliphatic heterocycles. The molecule has 2 N–H and O–H groups in total. The van der Waals surface area contributed by atoms with Crippen molar-refractivity contribution in [2.45, 2.75) is 12.8 Å². The lowest BCUT2D eigenvalue weighted by Gasteiger charge is -2.16. The summed E-state index contributed by atoms with van der Waals surface area (Å²) in [4.78, 5) is 11.1. The fourth-order valence-electron chi connectivity index (χ4n) is 3.78. The van der Waals surface area contributed by atoms with Crippen molar-refractivity contribution in [3.05, 3.63) is 66.8 Å². The number of pyridine rings is 2. The minimum absolute atomic E-state index is 0.0126. The predicted octanol–water partition coefficient (Wildman–Crippen LogP) is 3.85. The molecule has 1 aromatic carbocycles. The number of hydrogen-bond donors (Lipinski definition) is 1. The molecule has 0 radical (unpaired) electrons. The summed E-state index contributed by atoms with van der Waals surface area (Å²) in [7, 11) is 0. The molecule has 1 aliphatic rings. The van der Waals surface area contributed by atoms with Crippen LogP contribution in [0.15, 0.2) is 55.1 Å². The topological polar surface area (TPSA) is 85.8 Å². The van der Waals surface area contributed by atoms with Gasteiger partial charge >= 0.3 is 0 Å². The van der Waals surface area contributed by atoms with Crippen molar-refractivity contribution in [1.29, 1.82) is 0 Å². The lowest BCUT2D eigenvalue weighted by molar-refractivity contribution is 0.504. The largest absolute Gasteiger partial charge is 0.383 e. The molecule has 5 rings (SSSR count). The number of nitrogens with zero attached hydrogens (tertiary/aromatic N) is 6. The number of anilines is 2. The van der Waals surface area contributed by atoms with E-state index in [0.717, 1.165) is 36.1 Å². The van der Waals surface area contributed by atoms with Crippen LogP contribution in [0.5, 0.6) is 0 Å². The van der Waals surface area contributed by atoms with Crippen LogP contribution in [0.1, 0.15) is 12.8 Å². The maximum atomic E-state index is 14.4. The number of nitrogen functional groups attached to an aromatic ring is 1. The monoisotopic (exact) mass is 419 g/mol. The Morgan fingerprint density at radius 1 is 0.935 bits per heavy atom. The fraction of sp³-hybridized carbons (Fsp3) is 0.182. The molecule has 3 aromatic heterocycles. The van der Waals surface area contributed by atoms with Crippen LogP contribution in [0.2, 0.25) is 0 Å². The molecule has 1 fully saturated rings. The van der Waals surface area contributed by atoms with Gasteiger partial charge in [0.15, 0.2) is 17.5 Å². The van der Waals surface area contributed by atoms with Gasteiger partial charge in [-0.3, -0.25) is 4.57 Å². The molecule has 4 heterocycles. The second-order valence-electron chi connectivity index (χ2n) is 7.35. The summed E-state index contributed by atoms with van der Waals surface area (Å²) in [5.41, 5.74) is 8.18. The quantitative estimate of drug-likeness (QED) is 0.541. The lowest BCUT2D eigenvalue weighted by Crippen LogP contribution is -2.18. The Hall–Kier alpha value is -3.88. The molecule has 0 unspecified atom stereocenters. The molecule has 9 heteroatoms. The number of aromatic nitrogens is 5. The van der Waals surface area contributed by atoms with E-state index in [1.54, 1.807) is 18.5 Å². The smallest absolute Gasteiger partial charge is 0.182 e. The Balaban J connectivity index is 1.53. The van der Waals surface area contributed by atoms with Gasteiger partial charge in [0.05, 0.1) is 11.3 Å². The van der Waals surface area contributed by atoms with Gasteiger partial charge in [0.25, 0.3) is 0 Å². The van der Waals surface area contributed by atoms with Gasteiger partial charge in [0, 0.05) is 36.6 Å². The Kier molecular flexibility index (Phi) is 4.78. The van der Waals surface area contributed by atoms with Crippen LogP contribution in [0.4, 0.5) is 20.4 Å². The van der Waals surface area contributed by atoms with Crippen LogP contribution < -0.4 is 10.6 Å². The van der Waals surface area contributed by atoms with Crippen molar-refractivity contribution in [2.75, 3.05) is 23.7 Å². The number of nitrogens with two attached hydrogens (primary N) is 1. The molecule has 0 bridgehead atoms. The Bertz CT molecular complexity index is 1230. The van der Waals surface area contributed by atoms with Crippen LogP contribution in [0.3, 0.4) is 0 Å². The number of rotatable bonds is 4. The maximum absolute atomic E-state index is 14.4. The van der Waals surface area contributed by atoms with Crippen LogP contribution in [0.25, 0.3) is 28.2 Å². The molecule has 0 spiro atoms. The molecular formula is C22H19F2N7. The van der Waals surface area contributed by atoms with E-state index in [1.165, 1.54) is 35.9 Å². The van der Waals surface area contributed by atoms with E-state index in [1.807, 2.05) is 12.1 Å². The zero-order valence-corrected chi connectivity index (χ0v) is 16.5. The van der Waals surface area contributed by atoms with Gasteiger partial charge in [-0.15, -0.1) is 10.2 Å². The molecule has 0 atom stereocenters. The van der Waals surface area contributed by atoms with Gasteiger partial charge < -0.3 is 10.6 Å². The summed E-state index contributed by atoms with van der Waals surface area (Å²) < 4.78 is 29.5. The first-order valence-electron chi connectivity index (χ1n) is 9.93. The van der Waals surface area contributed by atoms with Crippen molar-refractivity contribution in [3.8, 4) is 28.2 Å². The first-order valence-corrected chi connectivity index (χ1v) is 9.93. The summed E-state index contributed by atoms with van der Waals surface area (Å²) >= 11 is 0. The molecule has 7 nitrogen and oxygen atoms in total. The second-order valence-corrected chi connectivity index (χ2v) is 7.35. The van der Waals surface area contributed by atoms with E-state index in [9.17, 15) is 8.78 Å². The van der Waals surface area contributed by atoms with Crippen molar-refractivity contribution >= 4 is 11.6 Å². The van der Waals surface area contributed by atoms with Crippen LogP contribution in [-0.4, -0.2) is 37.8 Å². The summed E-state index contributed by atoms with van der Waals surface area (Å²) in [5.74, 6) is -0.533. The van der Waals surface area contributed by atoms with Crippen molar-refractivity contribution in [3.63, 3.8) is 0 Å². The standard InChI is InChI=1S/C22H19F2N7/c23-17-4-3-5-18(20(17)24)31-13-28-29-22(31)16-10-15(12-27-21(16)25)14-6-7-19(26-11-14)30-8-1-2-9-30/h3-7,10-13H,1-2,8-9H2,(H2,25,27). The van der Waals surface area contributed by atoms with Crippen LogP contribution >= 0.6 is 0 Å². The minimum Gasteiger partial charge on any atom is -0.383 e. The molecule has 0 amide bonds. The highest BCUT2D eigenvalue weighted by Gasteiger charge is 2.18. The van der Waals surface area contributed by atoms with Gasteiger partial charge in [0.1, 0.15) is 18.0 Å². The van der Waals surface area contributed by atoms with E-state index in [2.05, 4.69) is 25.1 Å². The van der Waals surface area contributed by atoms with Gasteiger partial charge in [-0.1, -0.05) is 6.07 Å². The van der Waals surface area contributed by atoms with E-state index >= 15 is 0 Å².